The Bertz CT molecular complexity index is 2660. The number of carbonyl (C=O) groups is 3. The van der Waals surface area contributed by atoms with E-state index in [4.69, 9.17) is 20.0 Å². The second-order valence-electron chi connectivity index (χ2n) is 15.6. The number of oxazole rings is 1. The third kappa shape index (κ3) is 16.9. The number of Topliss-reactive ketones (excluding diaryl/α,β-unsaturated/α-hetero) is 1. The van der Waals surface area contributed by atoms with Crippen LogP contribution < -0.4 is 5.73 Å². The van der Waals surface area contributed by atoms with Gasteiger partial charge >= 0.3 is 5.97 Å². The topological polar surface area (TPSA) is 193 Å². The number of benzene rings is 6. The number of hydrogen-bond donors (Lipinski definition) is 5. The van der Waals surface area contributed by atoms with Crippen LogP contribution in [0.25, 0.3) is 11.5 Å². The minimum absolute atomic E-state index is 0.105. The van der Waals surface area contributed by atoms with Gasteiger partial charge in [0.25, 0.3) is 0 Å². The highest BCUT2D eigenvalue weighted by atomic mass is 16.5. The van der Waals surface area contributed by atoms with Gasteiger partial charge in [0, 0.05) is 23.1 Å². The molecule has 0 aliphatic carbocycles. The minimum atomic E-state index is -0.461. The van der Waals surface area contributed by atoms with Crippen LogP contribution in [-0.2, 0) is 37.0 Å². The summed E-state index contributed by atoms with van der Waals surface area (Å²) in [6.07, 6.45) is 6.97. The lowest BCUT2D eigenvalue weighted by atomic mass is 10.0. The lowest BCUT2D eigenvalue weighted by molar-refractivity contribution is 0.0472. The smallest absolute Gasteiger partial charge is 0.338 e. The predicted octanol–water partition coefficient (Wildman–Crippen LogP) is 11.7. The van der Waals surface area contributed by atoms with Crippen molar-refractivity contribution in [3.8, 4) is 34.5 Å². The van der Waals surface area contributed by atoms with Gasteiger partial charge < -0.3 is 35.3 Å². The quantitative estimate of drug-likeness (QED) is 0.0375. The number of ether oxygens (including phenoxy) is 1. The van der Waals surface area contributed by atoms with Crippen LogP contribution in [0.5, 0.6) is 23.0 Å². The van der Waals surface area contributed by atoms with Gasteiger partial charge in [-0.3, -0.25) is 9.59 Å². The molecule has 0 saturated heterocycles. The predicted molar refractivity (Wildman–Crippen MR) is 262 cm³/mol. The first-order valence-electron chi connectivity index (χ1n) is 22.1. The molecule has 0 aliphatic heterocycles. The number of phenols is 4. The van der Waals surface area contributed by atoms with E-state index in [0.717, 1.165) is 65.8 Å². The molecule has 11 heteroatoms. The Morgan fingerprint density at radius 1 is 0.642 bits per heavy atom. The van der Waals surface area contributed by atoms with E-state index in [9.17, 15) is 29.7 Å². The summed E-state index contributed by atoms with van der Waals surface area (Å²) in [5, 5.41) is 37.9. The summed E-state index contributed by atoms with van der Waals surface area (Å²) >= 11 is 0. The average molecular weight is 905 g/mol. The molecule has 7 rings (SSSR count). The van der Waals surface area contributed by atoms with Gasteiger partial charge in [0.1, 0.15) is 35.4 Å². The summed E-state index contributed by atoms with van der Waals surface area (Å²) in [7, 11) is 0. The van der Waals surface area contributed by atoms with Crippen molar-refractivity contribution >= 4 is 17.7 Å². The van der Waals surface area contributed by atoms with Crippen molar-refractivity contribution < 1.29 is 44.0 Å². The summed E-state index contributed by atoms with van der Waals surface area (Å²) in [5.74, 6) is 1.62. The van der Waals surface area contributed by atoms with E-state index < -0.39 is 11.9 Å². The van der Waals surface area contributed by atoms with Crippen LogP contribution in [0, 0.1) is 13.8 Å². The van der Waals surface area contributed by atoms with E-state index in [2.05, 4.69) is 18.5 Å². The Kier molecular flexibility index (Phi) is 20.7. The number of phenolic OH excluding ortho intramolecular Hbond substituents is 4. The fourth-order valence-corrected chi connectivity index (χ4v) is 6.52. The molecule has 0 radical (unpaired) electrons. The molecule has 0 saturated carbocycles. The van der Waals surface area contributed by atoms with E-state index in [1.54, 1.807) is 42.5 Å². The van der Waals surface area contributed by atoms with Gasteiger partial charge in [0.05, 0.1) is 11.3 Å². The molecule has 7 aromatic rings. The summed E-state index contributed by atoms with van der Waals surface area (Å²) in [6.45, 7) is 11.8. The molecule has 1 amide bonds. The molecule has 348 valence electrons. The highest BCUT2D eigenvalue weighted by Gasteiger charge is 2.12. The van der Waals surface area contributed by atoms with Gasteiger partial charge in [-0.1, -0.05) is 93.4 Å². The van der Waals surface area contributed by atoms with Crippen molar-refractivity contribution in [1.82, 2.24) is 4.98 Å². The number of carbonyl (C=O) groups excluding carboxylic acids is 3. The van der Waals surface area contributed by atoms with E-state index in [1.165, 1.54) is 35.9 Å². The first kappa shape index (κ1) is 51.7. The van der Waals surface area contributed by atoms with Crippen molar-refractivity contribution in [2.75, 3.05) is 0 Å². The van der Waals surface area contributed by atoms with Crippen LogP contribution in [0.3, 0.4) is 0 Å². The Labute approximate surface area is 392 Å². The Balaban J connectivity index is 0.000000197. The molecular formula is C56H60N2O9. The average Bonchev–Trinajstić information content (AvgIpc) is 3.68. The fourth-order valence-electron chi connectivity index (χ4n) is 6.52. The first-order chi connectivity index (χ1) is 32.2. The molecule has 67 heavy (non-hydrogen) atoms. The third-order valence-corrected chi connectivity index (χ3v) is 10.3. The van der Waals surface area contributed by atoms with Crippen molar-refractivity contribution in [2.45, 2.75) is 79.2 Å². The molecule has 6 aromatic carbocycles. The zero-order chi connectivity index (χ0) is 48.7. The highest BCUT2D eigenvalue weighted by molar-refractivity contribution is 5.96. The second kappa shape index (κ2) is 26.8. The van der Waals surface area contributed by atoms with Crippen molar-refractivity contribution in [3.63, 3.8) is 0 Å². The van der Waals surface area contributed by atoms with E-state index in [0.29, 0.717) is 46.7 Å². The van der Waals surface area contributed by atoms with Gasteiger partial charge in [0.15, 0.2) is 5.78 Å². The van der Waals surface area contributed by atoms with E-state index in [-0.39, 0.29) is 29.6 Å². The summed E-state index contributed by atoms with van der Waals surface area (Å²) in [6, 6.07) is 40.7. The maximum absolute atomic E-state index is 12.0. The second-order valence-corrected chi connectivity index (χ2v) is 15.6. The summed E-state index contributed by atoms with van der Waals surface area (Å²) < 4.78 is 10.8. The number of aromatic nitrogens is 1. The van der Waals surface area contributed by atoms with Crippen LogP contribution in [0.1, 0.15) is 103 Å². The lowest BCUT2D eigenvalue weighted by Crippen LogP contribution is -2.11. The molecular weight excluding hydrogens is 845 g/mol. The number of nitrogens with two attached hydrogens (primary N) is 1. The zero-order valence-electron chi connectivity index (χ0n) is 38.6. The van der Waals surface area contributed by atoms with Crippen LogP contribution in [0.2, 0.25) is 0 Å². The number of allylic oxidation sites excluding steroid dienone is 1. The number of primary amides is 1. The SMILES string of the molecule is C=CCc1cc(C(=O)OCc2ccccc2)ccc1O.CCCc1cc(-c2nc(C)c(C)o2)ccc1O.CCCc1cc(C(N)=O)ccc1O.O=C(CCc1ccccc1)c1ccc(O)cc1. The highest BCUT2D eigenvalue weighted by Crippen LogP contribution is 2.28. The Morgan fingerprint density at radius 3 is 1.72 bits per heavy atom. The summed E-state index contributed by atoms with van der Waals surface area (Å²) in [5.41, 5.74) is 12.9. The first-order valence-corrected chi connectivity index (χ1v) is 22.1. The molecule has 0 unspecified atom stereocenters. The largest absolute Gasteiger partial charge is 0.508 e. The molecule has 0 aliphatic rings. The zero-order valence-corrected chi connectivity index (χ0v) is 38.6. The Hall–Kier alpha value is -7.92. The summed E-state index contributed by atoms with van der Waals surface area (Å²) in [4.78, 5) is 39.0. The normalized spacial score (nSPS) is 10.2. The van der Waals surface area contributed by atoms with Crippen LogP contribution in [0.15, 0.2) is 157 Å². The number of hydrogen-bond acceptors (Lipinski definition) is 10. The molecule has 11 nitrogen and oxygen atoms in total. The van der Waals surface area contributed by atoms with Crippen LogP contribution in [0.4, 0.5) is 0 Å². The lowest BCUT2D eigenvalue weighted by Gasteiger charge is -2.07. The van der Waals surface area contributed by atoms with Gasteiger partial charge in [-0.2, -0.15) is 0 Å². The van der Waals surface area contributed by atoms with Crippen molar-refractivity contribution in [1.29, 1.82) is 0 Å². The molecule has 1 aromatic heterocycles. The number of esters is 1. The fraction of sp³-hybridized carbons (Fsp3) is 0.214. The number of amides is 1. The van der Waals surface area contributed by atoms with Gasteiger partial charge in [-0.25, -0.2) is 9.78 Å². The third-order valence-electron chi connectivity index (χ3n) is 10.3. The molecule has 0 atom stereocenters. The molecule has 0 fully saturated rings. The number of aromatic hydroxyl groups is 4. The maximum Gasteiger partial charge on any atom is 0.338 e. The molecule has 6 N–H and O–H groups in total. The number of rotatable bonds is 15. The van der Waals surface area contributed by atoms with Gasteiger partial charge in [-0.05, 0) is 146 Å². The Morgan fingerprint density at radius 2 is 1.16 bits per heavy atom. The minimum Gasteiger partial charge on any atom is -0.508 e. The van der Waals surface area contributed by atoms with Gasteiger partial charge in [0.2, 0.25) is 11.8 Å². The van der Waals surface area contributed by atoms with Crippen LogP contribution in [-0.4, -0.2) is 43.1 Å². The van der Waals surface area contributed by atoms with Crippen molar-refractivity contribution in [3.05, 3.63) is 208 Å². The number of ketones is 1. The van der Waals surface area contributed by atoms with Gasteiger partial charge in [-0.15, -0.1) is 6.58 Å². The van der Waals surface area contributed by atoms with Crippen molar-refractivity contribution in [2.24, 2.45) is 5.73 Å². The molecule has 0 bridgehead atoms. The monoisotopic (exact) mass is 904 g/mol. The maximum atomic E-state index is 12.0. The molecule has 0 spiro atoms. The molecule has 1 heterocycles. The number of aryl methyl sites for hydroxylation is 5. The van der Waals surface area contributed by atoms with E-state index >= 15 is 0 Å². The van der Waals surface area contributed by atoms with E-state index in [1.807, 2.05) is 93.6 Å². The number of nitrogens with zero attached hydrogens (tertiary/aromatic N) is 1. The standard InChI is InChI=1S/C17H16O3.C15H14O2.C14H17NO2.C10H13NO2/c1-2-6-14-11-15(9-10-16(14)18)17(19)20-12-13-7-4-3-5-8-13;16-14-9-7-13(8-10-14)15(17)11-6-12-4-2-1-3-5-12;1-4-5-11-8-12(6-7-13(11)16)14-15-9(2)10(3)17-14;1-2-3-7-6-8(10(11)13)4-5-9(7)12/h2-5,7-11,18H,1,6,12H2;1-5,7-10,16H,6,11H2;6-8,16H,4-5H2,1-3H3;4-6,12H,2-3H2,1H3,(H2,11,13). The van der Waals surface area contributed by atoms with Crippen LogP contribution >= 0.6 is 0 Å².